The van der Waals surface area contributed by atoms with Gasteiger partial charge in [-0.05, 0) is 73.9 Å². The molecule has 14 heteroatoms. The van der Waals surface area contributed by atoms with Gasteiger partial charge in [-0.25, -0.2) is 19.2 Å². The maximum Gasteiger partial charge on any atom is 0.335 e. The van der Waals surface area contributed by atoms with Gasteiger partial charge in [0.25, 0.3) is 0 Å². The van der Waals surface area contributed by atoms with Gasteiger partial charge in [-0.3, -0.25) is 9.59 Å². The zero-order valence-electron chi connectivity index (χ0n) is 50.9. The highest BCUT2D eigenvalue weighted by Gasteiger charge is 2.34. The van der Waals surface area contributed by atoms with Crippen molar-refractivity contribution in [2.24, 2.45) is 10.8 Å². The third-order valence-electron chi connectivity index (χ3n) is 14.4. The minimum Gasteiger partial charge on any atom is -0.465 e. The van der Waals surface area contributed by atoms with Crippen LogP contribution < -0.4 is 9.47 Å². The smallest absolute Gasteiger partial charge is 0.335 e. The standard InChI is InChI=1S/C50H90O10.C18H14O4/c1-7-13-15-17-19-21-23-25-29-33-37-55-39-49(11-5,41-57-45(51)9-3)43-59-47(53)35-31-27-28-32-36-48(54)60-44-50(12-6,42-58-46(52)10-4)40-56-38-34-30-26-24-22-20-18-16-14-8-2;1-3-17(19)21-15-9-5-13(6-10-15)14-7-11-16(12-8-14)22-18(20)4-2/h9-10H,3-4,7-8,11-44H2,1-2,5-6H3;3-12H,1-2H2. The van der Waals surface area contributed by atoms with Crippen molar-refractivity contribution in [1.82, 2.24) is 0 Å². The second-order valence-corrected chi connectivity index (χ2v) is 21.3. The quantitative estimate of drug-likeness (QED) is 0.0201. The summed E-state index contributed by atoms with van der Waals surface area (Å²) in [5.41, 5.74) is 0.628. The van der Waals surface area contributed by atoms with E-state index in [0.717, 1.165) is 74.0 Å². The first-order valence-corrected chi connectivity index (χ1v) is 30.7. The summed E-state index contributed by atoms with van der Waals surface area (Å²) >= 11 is 0. The highest BCUT2D eigenvalue weighted by molar-refractivity contribution is 5.84. The van der Waals surface area contributed by atoms with Gasteiger partial charge in [-0.1, -0.05) is 207 Å². The molecular weight excluding hydrogens is 1040 g/mol. The number of benzene rings is 2. The molecule has 2 unspecified atom stereocenters. The summed E-state index contributed by atoms with van der Waals surface area (Å²) in [6.07, 6.45) is 34.0. The van der Waals surface area contributed by atoms with E-state index < -0.39 is 34.7 Å². The second kappa shape index (κ2) is 48.6. The van der Waals surface area contributed by atoms with Crippen LogP contribution in [0.3, 0.4) is 0 Å². The molecule has 0 spiro atoms. The molecule has 0 fully saturated rings. The topological polar surface area (TPSA) is 176 Å². The summed E-state index contributed by atoms with van der Waals surface area (Å²) in [7, 11) is 0. The van der Waals surface area contributed by atoms with Crippen LogP contribution in [0.2, 0.25) is 0 Å². The van der Waals surface area contributed by atoms with E-state index in [2.05, 4.69) is 40.2 Å². The number of carbonyl (C=O) groups excluding carboxylic acids is 6. The third-order valence-corrected chi connectivity index (χ3v) is 14.4. The average Bonchev–Trinajstić information content (AvgIpc) is 3.63. The van der Waals surface area contributed by atoms with Crippen molar-refractivity contribution in [1.29, 1.82) is 0 Å². The van der Waals surface area contributed by atoms with Crippen LogP contribution in [-0.4, -0.2) is 88.7 Å². The molecule has 0 aliphatic carbocycles. The van der Waals surface area contributed by atoms with Crippen LogP contribution >= 0.6 is 0 Å². The molecule has 2 aromatic rings. The normalized spacial score (nSPS) is 12.2. The Kier molecular flexibility index (Phi) is 44.0. The molecule has 0 aliphatic rings. The Morgan fingerprint density at radius 3 is 0.927 bits per heavy atom. The lowest BCUT2D eigenvalue weighted by Gasteiger charge is -2.31. The monoisotopic (exact) mass is 1140 g/mol. The minimum absolute atomic E-state index is 0.0849. The average molecular weight is 1150 g/mol. The molecule has 2 rings (SSSR count). The van der Waals surface area contributed by atoms with Crippen LogP contribution in [0.4, 0.5) is 0 Å². The number of hydrogen-bond donors (Lipinski definition) is 0. The molecular formula is C68H104O14. The fourth-order valence-electron chi connectivity index (χ4n) is 8.64. The number of ether oxygens (including phenoxy) is 8. The second-order valence-electron chi connectivity index (χ2n) is 21.3. The Hall–Kier alpha value is -5.86. The van der Waals surface area contributed by atoms with Crippen LogP contribution in [-0.2, 0) is 57.2 Å². The molecule has 460 valence electrons. The van der Waals surface area contributed by atoms with Crippen LogP contribution in [0, 0.1) is 10.8 Å². The van der Waals surface area contributed by atoms with E-state index in [1.807, 2.05) is 38.1 Å². The summed E-state index contributed by atoms with van der Waals surface area (Å²) in [5, 5.41) is 0. The summed E-state index contributed by atoms with van der Waals surface area (Å²) in [5.74, 6) is -1.74. The molecule has 2 atom stereocenters. The van der Waals surface area contributed by atoms with Crippen molar-refractivity contribution in [3.63, 3.8) is 0 Å². The molecule has 2 aromatic carbocycles. The minimum atomic E-state index is -0.630. The van der Waals surface area contributed by atoms with Crippen molar-refractivity contribution in [3.8, 4) is 22.6 Å². The Morgan fingerprint density at radius 1 is 0.354 bits per heavy atom. The Labute approximate surface area is 493 Å². The van der Waals surface area contributed by atoms with E-state index in [9.17, 15) is 28.8 Å². The van der Waals surface area contributed by atoms with Gasteiger partial charge >= 0.3 is 35.8 Å². The Bertz CT molecular complexity index is 1930. The maximum absolute atomic E-state index is 12.7. The largest absolute Gasteiger partial charge is 0.465 e. The van der Waals surface area contributed by atoms with Gasteiger partial charge in [0.1, 0.15) is 37.9 Å². The Balaban J connectivity index is 0.00000126. The number of unbranched alkanes of at least 4 members (excludes halogenated alkanes) is 21. The zero-order chi connectivity index (χ0) is 60.4. The van der Waals surface area contributed by atoms with Gasteiger partial charge in [-0.2, -0.15) is 0 Å². The van der Waals surface area contributed by atoms with Crippen molar-refractivity contribution in [3.05, 3.63) is 99.2 Å². The van der Waals surface area contributed by atoms with Gasteiger partial charge < -0.3 is 37.9 Å². The van der Waals surface area contributed by atoms with Crippen molar-refractivity contribution in [2.75, 3.05) is 52.9 Å². The van der Waals surface area contributed by atoms with E-state index in [0.29, 0.717) is 63.6 Å². The summed E-state index contributed by atoms with van der Waals surface area (Å²) in [6.45, 7) is 24.4. The number of rotatable bonds is 50. The van der Waals surface area contributed by atoms with Crippen LogP contribution in [0.1, 0.15) is 207 Å². The highest BCUT2D eigenvalue weighted by atomic mass is 16.6. The molecule has 0 bridgehead atoms. The lowest BCUT2D eigenvalue weighted by atomic mass is 9.88. The SMILES string of the molecule is C=CC(=O)OCC(CC)(COCCCCCCCCCCCC)COC(=O)CCCCCCC(=O)OCC(CC)(COCCCCCCCCCCCC)COC(=O)C=C.C=CC(=O)Oc1ccc(-c2ccc(OC(=O)C=C)cc2)cc1. The molecule has 0 heterocycles. The molecule has 0 aliphatic heterocycles. The lowest BCUT2D eigenvalue weighted by Crippen LogP contribution is -2.38. The zero-order valence-corrected chi connectivity index (χ0v) is 50.9. The Morgan fingerprint density at radius 2 is 0.634 bits per heavy atom. The van der Waals surface area contributed by atoms with Gasteiger partial charge in [0, 0.05) is 50.4 Å². The molecule has 0 saturated heterocycles. The summed E-state index contributed by atoms with van der Waals surface area (Å²) < 4.78 is 44.3. The van der Waals surface area contributed by atoms with E-state index in [1.165, 1.54) is 103 Å². The lowest BCUT2D eigenvalue weighted by molar-refractivity contribution is -0.157. The number of carbonyl (C=O) groups is 6. The van der Waals surface area contributed by atoms with Gasteiger partial charge in [0.2, 0.25) is 0 Å². The number of hydrogen-bond acceptors (Lipinski definition) is 14. The van der Waals surface area contributed by atoms with E-state index in [-0.39, 0.29) is 51.2 Å². The van der Waals surface area contributed by atoms with E-state index >= 15 is 0 Å². The van der Waals surface area contributed by atoms with Gasteiger partial charge in [0.05, 0.1) is 24.0 Å². The summed E-state index contributed by atoms with van der Waals surface area (Å²) in [4.78, 5) is 71.4. The van der Waals surface area contributed by atoms with Gasteiger partial charge in [-0.15, -0.1) is 0 Å². The van der Waals surface area contributed by atoms with Crippen LogP contribution in [0.15, 0.2) is 99.2 Å². The van der Waals surface area contributed by atoms with Crippen molar-refractivity contribution in [2.45, 2.75) is 207 Å². The molecule has 0 amide bonds. The first-order chi connectivity index (χ1) is 39.8. The first-order valence-electron chi connectivity index (χ1n) is 30.7. The predicted octanol–water partition coefficient (Wildman–Crippen LogP) is 16.1. The van der Waals surface area contributed by atoms with Crippen LogP contribution in [0.25, 0.3) is 11.1 Å². The van der Waals surface area contributed by atoms with Crippen molar-refractivity contribution >= 4 is 35.8 Å². The highest BCUT2D eigenvalue weighted by Crippen LogP contribution is 2.28. The number of esters is 6. The first kappa shape index (κ1) is 74.2. The molecule has 0 N–H and O–H groups in total. The molecule has 82 heavy (non-hydrogen) atoms. The van der Waals surface area contributed by atoms with Gasteiger partial charge in [0.15, 0.2) is 0 Å². The van der Waals surface area contributed by atoms with E-state index in [4.69, 9.17) is 37.9 Å². The van der Waals surface area contributed by atoms with Crippen molar-refractivity contribution < 1.29 is 66.7 Å². The van der Waals surface area contributed by atoms with E-state index in [1.54, 1.807) is 24.3 Å². The molecule has 14 nitrogen and oxygen atoms in total. The molecule has 0 radical (unpaired) electrons. The molecule has 0 saturated carbocycles. The summed E-state index contributed by atoms with van der Waals surface area (Å²) in [6, 6.07) is 14.1. The third kappa shape index (κ3) is 37.3. The predicted molar refractivity (Wildman–Crippen MR) is 326 cm³/mol. The van der Waals surface area contributed by atoms with Crippen LogP contribution in [0.5, 0.6) is 11.5 Å². The maximum atomic E-state index is 12.7. The fourth-order valence-corrected chi connectivity index (χ4v) is 8.64. The molecule has 0 aromatic heterocycles. The fraction of sp³-hybridized carbons (Fsp3) is 0.618.